The number of hydrogen-bond acceptors (Lipinski definition) is 6. The summed E-state index contributed by atoms with van der Waals surface area (Å²) in [6, 6.07) is 0. The molecular formula is C35H63NO5. The van der Waals surface area contributed by atoms with Crippen molar-refractivity contribution >= 4 is 0 Å². The van der Waals surface area contributed by atoms with Crippen LogP contribution in [0.2, 0.25) is 0 Å². The zero-order valence-corrected chi connectivity index (χ0v) is 27.1. The minimum absolute atomic E-state index is 0.210. The van der Waals surface area contributed by atoms with Gasteiger partial charge in [0.15, 0.2) is 0 Å². The van der Waals surface area contributed by atoms with Crippen LogP contribution in [0.15, 0.2) is 0 Å². The van der Waals surface area contributed by atoms with Crippen molar-refractivity contribution in [2.75, 3.05) is 6.54 Å². The van der Waals surface area contributed by atoms with E-state index in [1.807, 2.05) is 6.92 Å². The minimum Gasteiger partial charge on any atom is -0.390 e. The number of fused-ring (bicyclic) bond motifs is 7. The fourth-order valence-corrected chi connectivity index (χ4v) is 13.3. The highest BCUT2D eigenvalue weighted by atomic mass is 16.4. The van der Waals surface area contributed by atoms with Gasteiger partial charge in [-0.25, -0.2) is 0 Å². The summed E-state index contributed by atoms with van der Waals surface area (Å²) in [4.78, 5) is 0. The maximum atomic E-state index is 11.2. The molecule has 5 aliphatic carbocycles. The van der Waals surface area contributed by atoms with Crippen LogP contribution in [-0.2, 0) is 0 Å². The second-order valence-corrected chi connectivity index (χ2v) is 17.4. The first-order chi connectivity index (χ1) is 19.0. The summed E-state index contributed by atoms with van der Waals surface area (Å²) in [7, 11) is 0. The topological polar surface area (TPSA) is 127 Å². The van der Waals surface area contributed by atoms with Gasteiger partial charge in [-0.05, 0) is 127 Å². The van der Waals surface area contributed by atoms with E-state index in [4.69, 9.17) is 5.73 Å². The monoisotopic (exact) mass is 577 g/mol. The van der Waals surface area contributed by atoms with E-state index in [-0.39, 0.29) is 23.8 Å². The second kappa shape index (κ2) is 10.7. The fraction of sp³-hybridized carbons (Fsp3) is 1.00. The van der Waals surface area contributed by atoms with Crippen LogP contribution in [-0.4, -0.2) is 62.6 Å². The SMILES string of the molecule is CC(C(O)C(O)C(O)C(O)C(O)CN)[C@@H]1CC[C@]2(C)[C@H]3CC[C@@H]4[C@@]5(C)CCCC(C)(C)[C@@H]5CC[C@@]4(C)[C@]3(C)CC[C@@H]12. The summed E-state index contributed by atoms with van der Waals surface area (Å²) < 4.78 is 0. The molecule has 6 nitrogen and oxygen atoms in total. The number of aliphatic hydroxyl groups is 5. The highest BCUT2D eigenvalue weighted by Crippen LogP contribution is 2.78. The Hall–Kier alpha value is -0.240. The van der Waals surface area contributed by atoms with Gasteiger partial charge in [0.2, 0.25) is 0 Å². The van der Waals surface area contributed by atoms with E-state index in [2.05, 4.69) is 41.5 Å². The van der Waals surface area contributed by atoms with Crippen LogP contribution in [0.4, 0.5) is 0 Å². The lowest BCUT2D eigenvalue weighted by Gasteiger charge is -2.73. The van der Waals surface area contributed by atoms with E-state index in [1.165, 1.54) is 51.4 Å². The molecule has 5 saturated carbocycles. The van der Waals surface area contributed by atoms with E-state index in [0.29, 0.717) is 33.5 Å². The second-order valence-electron chi connectivity index (χ2n) is 17.4. The van der Waals surface area contributed by atoms with E-state index >= 15 is 0 Å². The predicted molar refractivity (Wildman–Crippen MR) is 163 cm³/mol. The van der Waals surface area contributed by atoms with Gasteiger partial charge < -0.3 is 31.3 Å². The normalized spacial score (nSPS) is 49.8. The molecule has 0 bridgehead atoms. The summed E-state index contributed by atoms with van der Waals surface area (Å²) in [6.45, 7) is 17.4. The Kier molecular flexibility index (Phi) is 8.38. The Balaban J connectivity index is 1.36. The van der Waals surface area contributed by atoms with Crippen LogP contribution < -0.4 is 5.73 Å². The zero-order valence-electron chi connectivity index (χ0n) is 27.1. The molecule has 5 fully saturated rings. The molecular weight excluding hydrogens is 514 g/mol. The average Bonchev–Trinajstić information content (AvgIpc) is 3.27. The quantitative estimate of drug-likeness (QED) is 0.256. The molecule has 0 aromatic rings. The third kappa shape index (κ3) is 4.54. The molecule has 5 aliphatic rings. The van der Waals surface area contributed by atoms with E-state index in [0.717, 1.165) is 31.1 Å². The summed E-state index contributed by atoms with van der Waals surface area (Å²) in [5, 5.41) is 52.7. The van der Waals surface area contributed by atoms with Crippen molar-refractivity contribution in [3.8, 4) is 0 Å². The number of nitrogens with two attached hydrogens (primary N) is 1. The lowest BCUT2D eigenvalue weighted by atomic mass is 9.32. The Labute approximate surface area is 249 Å². The van der Waals surface area contributed by atoms with Crippen LogP contribution in [0.25, 0.3) is 0 Å². The van der Waals surface area contributed by atoms with E-state index in [9.17, 15) is 25.5 Å². The molecule has 5 rings (SSSR count). The fourth-order valence-electron chi connectivity index (χ4n) is 13.3. The van der Waals surface area contributed by atoms with Crippen molar-refractivity contribution in [1.82, 2.24) is 0 Å². The van der Waals surface area contributed by atoms with Crippen molar-refractivity contribution in [2.45, 2.75) is 150 Å². The van der Waals surface area contributed by atoms with Gasteiger partial charge in [-0.15, -0.1) is 0 Å². The lowest BCUT2D eigenvalue weighted by molar-refractivity contribution is -0.242. The maximum absolute atomic E-state index is 11.2. The summed E-state index contributed by atoms with van der Waals surface area (Å²) in [6.07, 6.45) is 6.79. The van der Waals surface area contributed by atoms with Gasteiger partial charge >= 0.3 is 0 Å². The molecule has 0 aromatic carbocycles. The highest BCUT2D eigenvalue weighted by molar-refractivity contribution is 5.19. The van der Waals surface area contributed by atoms with Gasteiger partial charge in [0, 0.05) is 6.54 Å². The zero-order chi connectivity index (χ0) is 30.3. The van der Waals surface area contributed by atoms with Gasteiger partial charge in [0.05, 0.1) is 12.2 Å². The summed E-state index contributed by atoms with van der Waals surface area (Å²) in [5.41, 5.74) is 7.20. The molecule has 0 aromatic heterocycles. The van der Waals surface area contributed by atoms with Crippen molar-refractivity contribution in [3.05, 3.63) is 0 Å². The number of aliphatic hydroxyl groups excluding tert-OH is 5. The molecule has 15 atom stereocenters. The van der Waals surface area contributed by atoms with Crippen LogP contribution in [0.5, 0.6) is 0 Å². The largest absolute Gasteiger partial charge is 0.390 e. The molecule has 0 heterocycles. The highest BCUT2D eigenvalue weighted by Gasteiger charge is 2.70. The first-order valence-corrected chi connectivity index (χ1v) is 17.1. The number of hydrogen-bond donors (Lipinski definition) is 6. The molecule has 6 unspecified atom stereocenters. The van der Waals surface area contributed by atoms with Crippen molar-refractivity contribution in [2.24, 2.45) is 68.3 Å². The standard InChI is InChI=1S/C35H63NO5/c1-20(27(38)29(40)30(41)28(39)23(37)19-36)21-11-16-32(4)22(21)12-17-34(6)25(32)9-10-26-33(5)15-8-14-31(2,3)24(33)13-18-35(26,34)7/h20-30,37-41H,8-19,36H2,1-7H3/t20?,21-,22-,23?,24-,25+,26+,27?,28?,29?,30?,32-,33-,34+,35+/m0/s1. The van der Waals surface area contributed by atoms with E-state index < -0.39 is 30.5 Å². The molecule has 7 N–H and O–H groups in total. The van der Waals surface area contributed by atoms with Gasteiger partial charge in [-0.1, -0.05) is 54.9 Å². The first-order valence-electron chi connectivity index (χ1n) is 17.1. The van der Waals surface area contributed by atoms with Crippen LogP contribution >= 0.6 is 0 Å². The van der Waals surface area contributed by atoms with Crippen LogP contribution in [0.1, 0.15) is 119 Å². The van der Waals surface area contributed by atoms with Gasteiger partial charge in [-0.3, -0.25) is 0 Å². The third-order valence-corrected chi connectivity index (χ3v) is 15.7. The van der Waals surface area contributed by atoms with Crippen molar-refractivity contribution < 1.29 is 25.5 Å². The lowest BCUT2D eigenvalue weighted by Crippen LogP contribution is -2.65. The molecule has 0 spiro atoms. The smallest absolute Gasteiger partial charge is 0.111 e. The Morgan fingerprint density at radius 1 is 0.610 bits per heavy atom. The molecule has 41 heavy (non-hydrogen) atoms. The predicted octanol–water partition coefficient (Wildman–Crippen LogP) is 4.88. The van der Waals surface area contributed by atoms with Gasteiger partial charge in [0.25, 0.3) is 0 Å². The van der Waals surface area contributed by atoms with Gasteiger partial charge in [0.1, 0.15) is 18.3 Å². The first kappa shape index (κ1) is 32.2. The van der Waals surface area contributed by atoms with Crippen LogP contribution in [0, 0.1) is 62.6 Å². The molecule has 6 heteroatoms. The summed E-state index contributed by atoms with van der Waals surface area (Å²) in [5.74, 6) is 2.81. The minimum atomic E-state index is -1.65. The molecule has 0 radical (unpaired) electrons. The van der Waals surface area contributed by atoms with Gasteiger partial charge in [-0.2, -0.15) is 0 Å². The molecule has 0 saturated heterocycles. The van der Waals surface area contributed by atoms with E-state index in [1.54, 1.807) is 0 Å². The average molecular weight is 578 g/mol. The third-order valence-electron chi connectivity index (χ3n) is 15.7. The molecule has 0 amide bonds. The Morgan fingerprint density at radius 2 is 1.17 bits per heavy atom. The molecule has 0 aliphatic heterocycles. The maximum Gasteiger partial charge on any atom is 0.111 e. The molecule has 238 valence electrons. The van der Waals surface area contributed by atoms with Crippen molar-refractivity contribution in [1.29, 1.82) is 0 Å². The Morgan fingerprint density at radius 3 is 1.78 bits per heavy atom. The number of rotatable bonds is 7. The summed E-state index contributed by atoms with van der Waals surface area (Å²) >= 11 is 0. The van der Waals surface area contributed by atoms with Crippen molar-refractivity contribution in [3.63, 3.8) is 0 Å². The Bertz CT molecular complexity index is 959. The van der Waals surface area contributed by atoms with Crippen LogP contribution in [0.3, 0.4) is 0 Å².